The van der Waals surface area contributed by atoms with Gasteiger partial charge in [0.15, 0.2) is 0 Å². The molecular weight excluding hydrogens is 236 g/mol. The Kier molecular flexibility index (Phi) is 6.12. The third kappa shape index (κ3) is 4.76. The van der Waals surface area contributed by atoms with E-state index in [1.165, 1.54) is 0 Å². The van der Waals surface area contributed by atoms with Crippen molar-refractivity contribution in [3.63, 3.8) is 0 Å². The molecule has 0 saturated carbocycles. The van der Waals surface area contributed by atoms with E-state index in [4.69, 9.17) is 4.74 Å². The van der Waals surface area contributed by atoms with Crippen molar-refractivity contribution in [2.24, 2.45) is 0 Å². The van der Waals surface area contributed by atoms with E-state index in [-0.39, 0.29) is 24.3 Å². The fraction of sp³-hybridized carbons (Fsp3) is 0.917. The first-order valence-corrected chi connectivity index (χ1v) is 7.66. The number of rotatable bonds is 4. The fourth-order valence-electron chi connectivity index (χ4n) is 2.07. The van der Waals surface area contributed by atoms with Crippen molar-refractivity contribution in [3.05, 3.63) is 0 Å². The van der Waals surface area contributed by atoms with Crippen molar-refractivity contribution in [1.29, 1.82) is 0 Å². The van der Waals surface area contributed by atoms with Gasteiger partial charge in [-0.05, 0) is 26.5 Å². The molecule has 1 aliphatic rings. The number of nitrogens with zero attached hydrogens (tertiary/aromatic N) is 1. The first-order valence-electron chi connectivity index (χ1n) is 6.26. The summed E-state index contributed by atoms with van der Waals surface area (Å²) in [4.78, 5) is 13.9. The third-order valence-corrected chi connectivity index (χ3v) is 3.63. The maximum absolute atomic E-state index is 12.1. The molecule has 1 fully saturated rings. The summed E-state index contributed by atoms with van der Waals surface area (Å²) >= 11 is 1.77. The van der Waals surface area contributed by atoms with Gasteiger partial charge in [-0.15, -0.1) is 0 Å². The number of hydrogen-bond donors (Lipinski definition) is 1. The van der Waals surface area contributed by atoms with Gasteiger partial charge in [-0.2, -0.15) is 11.8 Å². The summed E-state index contributed by atoms with van der Waals surface area (Å²) < 4.78 is 5.62. The molecule has 0 radical (unpaired) electrons. The summed E-state index contributed by atoms with van der Waals surface area (Å²) in [6.07, 6.45) is 3.30. The molecule has 0 bridgehead atoms. The minimum absolute atomic E-state index is 0.0490. The number of amides is 2. The van der Waals surface area contributed by atoms with E-state index in [1.807, 2.05) is 18.7 Å². The summed E-state index contributed by atoms with van der Waals surface area (Å²) in [6.45, 7) is 7.49. The molecule has 5 heteroatoms. The zero-order chi connectivity index (χ0) is 12.8. The molecule has 3 atom stereocenters. The Morgan fingerprint density at radius 2 is 2.06 bits per heavy atom. The molecule has 1 aliphatic heterocycles. The van der Waals surface area contributed by atoms with Gasteiger partial charge in [0.1, 0.15) is 0 Å². The summed E-state index contributed by atoms with van der Waals surface area (Å²) in [5.74, 6) is 0.970. The van der Waals surface area contributed by atoms with E-state index < -0.39 is 0 Å². The van der Waals surface area contributed by atoms with Crippen LogP contribution < -0.4 is 5.32 Å². The van der Waals surface area contributed by atoms with Crippen LogP contribution in [0.5, 0.6) is 0 Å². The molecule has 0 spiro atoms. The Morgan fingerprint density at radius 1 is 1.47 bits per heavy atom. The zero-order valence-corrected chi connectivity index (χ0v) is 12.0. The van der Waals surface area contributed by atoms with E-state index >= 15 is 0 Å². The van der Waals surface area contributed by atoms with Crippen LogP contribution in [-0.2, 0) is 4.74 Å². The maximum Gasteiger partial charge on any atom is 0.317 e. The predicted octanol–water partition coefficient (Wildman–Crippen LogP) is 1.95. The predicted molar refractivity (Wildman–Crippen MR) is 72.6 cm³/mol. The van der Waals surface area contributed by atoms with Crippen molar-refractivity contribution in [3.8, 4) is 0 Å². The highest BCUT2D eigenvalue weighted by atomic mass is 32.2. The van der Waals surface area contributed by atoms with Crippen molar-refractivity contribution in [2.75, 3.05) is 25.1 Å². The second-order valence-corrected chi connectivity index (χ2v) is 5.58. The molecule has 0 aromatic heterocycles. The van der Waals surface area contributed by atoms with E-state index in [0.717, 1.165) is 12.2 Å². The van der Waals surface area contributed by atoms with E-state index in [1.54, 1.807) is 11.8 Å². The third-order valence-electron chi connectivity index (χ3n) is 2.90. The van der Waals surface area contributed by atoms with Gasteiger partial charge in [0.2, 0.25) is 0 Å². The minimum atomic E-state index is 0.0490. The van der Waals surface area contributed by atoms with Crippen molar-refractivity contribution in [1.82, 2.24) is 10.2 Å². The van der Waals surface area contributed by atoms with Crippen LogP contribution >= 0.6 is 11.8 Å². The number of urea groups is 1. The maximum atomic E-state index is 12.1. The molecule has 1 rings (SSSR count). The van der Waals surface area contributed by atoms with E-state index in [2.05, 4.69) is 18.5 Å². The molecule has 4 nitrogen and oxygen atoms in total. The first-order chi connectivity index (χ1) is 8.06. The van der Waals surface area contributed by atoms with Crippen molar-refractivity contribution in [2.45, 2.75) is 45.4 Å². The molecule has 1 saturated heterocycles. The minimum Gasteiger partial charge on any atom is -0.372 e. The highest BCUT2D eigenvalue weighted by Gasteiger charge is 2.26. The number of thioether (sulfide) groups is 1. The van der Waals surface area contributed by atoms with E-state index in [0.29, 0.717) is 13.1 Å². The number of morpholine rings is 1. The lowest BCUT2D eigenvalue weighted by atomic mass is 10.2. The second-order valence-electron chi connectivity index (χ2n) is 4.67. The standard InChI is InChI=1S/C12H24N2O2S/c1-5-11(8-17-4)13-12(15)14-6-9(2)16-10(3)7-14/h9-11H,5-8H2,1-4H3,(H,13,15)/t9-,10+,11-/m1/s1. The van der Waals surface area contributed by atoms with Crippen LogP contribution in [-0.4, -0.2) is 54.3 Å². The van der Waals surface area contributed by atoms with Crippen LogP contribution in [0.4, 0.5) is 4.79 Å². The van der Waals surface area contributed by atoms with Gasteiger partial charge in [0, 0.05) is 24.9 Å². The Morgan fingerprint density at radius 3 is 2.53 bits per heavy atom. The number of nitrogens with one attached hydrogen (secondary N) is 1. The molecule has 0 unspecified atom stereocenters. The molecule has 17 heavy (non-hydrogen) atoms. The van der Waals surface area contributed by atoms with Gasteiger partial charge < -0.3 is 15.0 Å². The Labute approximate surface area is 108 Å². The topological polar surface area (TPSA) is 41.6 Å². The van der Waals surface area contributed by atoms with Crippen LogP contribution in [0.1, 0.15) is 27.2 Å². The number of carbonyl (C=O) groups excluding carboxylic acids is 1. The summed E-state index contributed by atoms with van der Waals surface area (Å²) in [5, 5.41) is 3.09. The second kappa shape index (κ2) is 7.11. The Balaban J connectivity index is 2.45. The fourth-order valence-corrected chi connectivity index (χ4v) is 2.79. The van der Waals surface area contributed by atoms with Gasteiger partial charge in [-0.25, -0.2) is 4.79 Å². The zero-order valence-electron chi connectivity index (χ0n) is 11.2. The van der Waals surface area contributed by atoms with Gasteiger partial charge in [0.25, 0.3) is 0 Å². The number of hydrogen-bond acceptors (Lipinski definition) is 3. The molecular formula is C12H24N2O2S. The van der Waals surface area contributed by atoms with Crippen LogP contribution in [0.25, 0.3) is 0 Å². The number of ether oxygens (including phenoxy) is 1. The van der Waals surface area contributed by atoms with Crippen LogP contribution in [0, 0.1) is 0 Å². The lowest BCUT2D eigenvalue weighted by Crippen LogP contribution is -2.53. The van der Waals surface area contributed by atoms with Gasteiger partial charge >= 0.3 is 6.03 Å². The summed E-state index contributed by atoms with van der Waals surface area (Å²) in [7, 11) is 0. The van der Waals surface area contributed by atoms with Crippen molar-refractivity contribution >= 4 is 17.8 Å². The average molecular weight is 260 g/mol. The normalized spacial score (nSPS) is 26.7. The smallest absolute Gasteiger partial charge is 0.317 e. The SMILES string of the molecule is CC[C@H](CSC)NC(=O)N1C[C@@H](C)O[C@@H](C)C1. The lowest BCUT2D eigenvalue weighted by Gasteiger charge is -2.36. The van der Waals surface area contributed by atoms with Crippen molar-refractivity contribution < 1.29 is 9.53 Å². The summed E-state index contributed by atoms with van der Waals surface area (Å²) in [5.41, 5.74) is 0. The molecule has 0 aromatic rings. The van der Waals surface area contributed by atoms with Gasteiger partial charge in [0.05, 0.1) is 12.2 Å². The lowest BCUT2D eigenvalue weighted by molar-refractivity contribution is -0.0547. The molecule has 100 valence electrons. The highest BCUT2D eigenvalue weighted by molar-refractivity contribution is 7.98. The molecule has 1 N–H and O–H groups in total. The summed E-state index contributed by atoms with van der Waals surface area (Å²) in [6, 6.07) is 0.318. The number of carbonyl (C=O) groups is 1. The first kappa shape index (κ1) is 14.6. The monoisotopic (exact) mass is 260 g/mol. The highest BCUT2D eigenvalue weighted by Crippen LogP contribution is 2.11. The van der Waals surface area contributed by atoms with Crippen LogP contribution in [0.2, 0.25) is 0 Å². The molecule has 2 amide bonds. The average Bonchev–Trinajstić information content (AvgIpc) is 2.27. The Hall–Kier alpha value is -0.420. The molecule has 1 heterocycles. The molecule has 0 aromatic carbocycles. The van der Waals surface area contributed by atoms with Gasteiger partial charge in [-0.3, -0.25) is 0 Å². The van der Waals surface area contributed by atoms with Crippen LogP contribution in [0.15, 0.2) is 0 Å². The van der Waals surface area contributed by atoms with Crippen LogP contribution in [0.3, 0.4) is 0 Å². The molecule has 0 aliphatic carbocycles. The quantitative estimate of drug-likeness (QED) is 0.840. The van der Waals surface area contributed by atoms with E-state index in [9.17, 15) is 4.79 Å². The largest absolute Gasteiger partial charge is 0.372 e. The Bertz CT molecular complexity index is 241. The van der Waals surface area contributed by atoms with Gasteiger partial charge in [-0.1, -0.05) is 6.92 Å².